The van der Waals surface area contributed by atoms with Gasteiger partial charge in [0, 0.05) is 5.39 Å². The SMILES string of the molecule is NCCC=Cc1ccc2cn[nH]c2c1. The second kappa shape index (κ2) is 4.07. The van der Waals surface area contributed by atoms with E-state index in [9.17, 15) is 0 Å². The molecule has 0 saturated carbocycles. The standard InChI is InChI=1S/C11H13N3/c12-6-2-1-3-9-4-5-10-8-13-14-11(10)7-9/h1,3-5,7-8H,2,6,12H2,(H,13,14). The predicted molar refractivity (Wildman–Crippen MR) is 58.8 cm³/mol. The summed E-state index contributed by atoms with van der Waals surface area (Å²) in [6.07, 6.45) is 6.90. The molecule has 0 unspecified atom stereocenters. The third-order valence-electron chi connectivity index (χ3n) is 2.11. The summed E-state index contributed by atoms with van der Waals surface area (Å²) in [5, 5.41) is 8.05. The molecule has 0 aliphatic carbocycles. The van der Waals surface area contributed by atoms with Crippen LogP contribution < -0.4 is 5.73 Å². The van der Waals surface area contributed by atoms with Crippen molar-refractivity contribution in [2.75, 3.05) is 6.54 Å². The van der Waals surface area contributed by atoms with Crippen LogP contribution >= 0.6 is 0 Å². The summed E-state index contributed by atoms with van der Waals surface area (Å²) >= 11 is 0. The lowest BCUT2D eigenvalue weighted by Gasteiger charge is -1.93. The van der Waals surface area contributed by atoms with Crippen LogP contribution in [-0.4, -0.2) is 16.7 Å². The number of fused-ring (bicyclic) bond motifs is 1. The van der Waals surface area contributed by atoms with Gasteiger partial charge in [-0.1, -0.05) is 24.3 Å². The maximum atomic E-state index is 5.40. The highest BCUT2D eigenvalue weighted by atomic mass is 15.1. The number of hydrogen-bond acceptors (Lipinski definition) is 2. The normalized spacial score (nSPS) is 11.5. The quantitative estimate of drug-likeness (QED) is 0.771. The summed E-state index contributed by atoms with van der Waals surface area (Å²) in [6.45, 7) is 0.697. The molecule has 1 heterocycles. The summed E-state index contributed by atoms with van der Waals surface area (Å²) in [5.41, 5.74) is 7.64. The Kier molecular flexibility index (Phi) is 2.60. The lowest BCUT2D eigenvalue weighted by molar-refractivity contribution is 1.01. The number of aromatic nitrogens is 2. The lowest BCUT2D eigenvalue weighted by Crippen LogP contribution is -1.94. The van der Waals surface area contributed by atoms with Crippen LogP contribution in [0.3, 0.4) is 0 Å². The zero-order valence-electron chi connectivity index (χ0n) is 7.90. The molecule has 0 atom stereocenters. The Balaban J connectivity index is 2.25. The van der Waals surface area contributed by atoms with Crippen molar-refractivity contribution >= 4 is 17.0 Å². The average molecular weight is 187 g/mol. The van der Waals surface area contributed by atoms with Crippen LogP contribution in [0.25, 0.3) is 17.0 Å². The molecular weight excluding hydrogens is 174 g/mol. The van der Waals surface area contributed by atoms with Crippen molar-refractivity contribution in [3.8, 4) is 0 Å². The first-order chi connectivity index (χ1) is 6.90. The molecule has 1 aromatic carbocycles. The molecule has 0 bridgehead atoms. The fraction of sp³-hybridized carbons (Fsp3) is 0.182. The highest BCUT2D eigenvalue weighted by Crippen LogP contribution is 2.13. The van der Waals surface area contributed by atoms with Crippen LogP contribution in [0.5, 0.6) is 0 Å². The van der Waals surface area contributed by atoms with E-state index in [2.05, 4.69) is 40.5 Å². The van der Waals surface area contributed by atoms with Gasteiger partial charge >= 0.3 is 0 Å². The second-order valence-electron chi connectivity index (χ2n) is 3.20. The van der Waals surface area contributed by atoms with Gasteiger partial charge in [-0.15, -0.1) is 0 Å². The van der Waals surface area contributed by atoms with Crippen LogP contribution in [0.4, 0.5) is 0 Å². The summed E-state index contributed by atoms with van der Waals surface area (Å²) in [7, 11) is 0. The Hall–Kier alpha value is -1.61. The van der Waals surface area contributed by atoms with Crippen molar-refractivity contribution in [3.63, 3.8) is 0 Å². The highest BCUT2D eigenvalue weighted by Gasteiger charge is 1.94. The van der Waals surface area contributed by atoms with Crippen molar-refractivity contribution in [2.45, 2.75) is 6.42 Å². The van der Waals surface area contributed by atoms with Crippen molar-refractivity contribution < 1.29 is 0 Å². The molecule has 0 fully saturated rings. The van der Waals surface area contributed by atoms with Gasteiger partial charge in [-0.25, -0.2) is 0 Å². The molecule has 0 aliphatic rings. The predicted octanol–water partition coefficient (Wildman–Crippen LogP) is 1.92. The van der Waals surface area contributed by atoms with E-state index in [1.165, 1.54) is 5.56 Å². The number of rotatable bonds is 3. The van der Waals surface area contributed by atoms with E-state index in [1.54, 1.807) is 0 Å². The van der Waals surface area contributed by atoms with Gasteiger partial charge in [0.2, 0.25) is 0 Å². The molecule has 14 heavy (non-hydrogen) atoms. The fourth-order valence-corrected chi connectivity index (χ4v) is 1.37. The molecule has 3 nitrogen and oxygen atoms in total. The van der Waals surface area contributed by atoms with Crippen LogP contribution in [0.15, 0.2) is 30.5 Å². The van der Waals surface area contributed by atoms with E-state index in [0.29, 0.717) is 6.54 Å². The molecule has 2 aromatic rings. The summed E-state index contributed by atoms with van der Waals surface area (Å²) < 4.78 is 0. The largest absolute Gasteiger partial charge is 0.330 e. The van der Waals surface area contributed by atoms with Crippen LogP contribution in [-0.2, 0) is 0 Å². The Morgan fingerprint density at radius 3 is 3.21 bits per heavy atom. The Morgan fingerprint density at radius 1 is 1.43 bits per heavy atom. The van der Waals surface area contributed by atoms with Crippen molar-refractivity contribution in [1.82, 2.24) is 10.2 Å². The molecular formula is C11H13N3. The van der Waals surface area contributed by atoms with E-state index >= 15 is 0 Å². The number of aromatic amines is 1. The first-order valence-electron chi connectivity index (χ1n) is 4.70. The summed E-state index contributed by atoms with van der Waals surface area (Å²) in [5.74, 6) is 0. The summed E-state index contributed by atoms with van der Waals surface area (Å²) in [4.78, 5) is 0. The maximum absolute atomic E-state index is 5.40. The number of hydrogen-bond donors (Lipinski definition) is 2. The van der Waals surface area contributed by atoms with E-state index in [-0.39, 0.29) is 0 Å². The first kappa shape index (κ1) is 8.97. The van der Waals surface area contributed by atoms with Crippen molar-refractivity contribution in [1.29, 1.82) is 0 Å². The number of nitrogens with two attached hydrogens (primary N) is 1. The average Bonchev–Trinajstić information content (AvgIpc) is 2.65. The molecule has 0 saturated heterocycles. The van der Waals surface area contributed by atoms with Gasteiger partial charge in [0.1, 0.15) is 0 Å². The van der Waals surface area contributed by atoms with Crippen LogP contribution in [0.1, 0.15) is 12.0 Å². The van der Waals surface area contributed by atoms with Crippen LogP contribution in [0.2, 0.25) is 0 Å². The molecule has 72 valence electrons. The molecule has 3 heteroatoms. The monoisotopic (exact) mass is 187 g/mol. The van der Waals surface area contributed by atoms with Crippen molar-refractivity contribution in [3.05, 3.63) is 36.0 Å². The minimum Gasteiger partial charge on any atom is -0.330 e. The fourth-order valence-electron chi connectivity index (χ4n) is 1.37. The molecule has 3 N–H and O–H groups in total. The lowest BCUT2D eigenvalue weighted by atomic mass is 10.1. The Labute approximate surface area is 82.6 Å². The number of H-pyrrole nitrogens is 1. The first-order valence-corrected chi connectivity index (χ1v) is 4.70. The molecule has 0 spiro atoms. The number of benzene rings is 1. The molecule has 0 amide bonds. The topological polar surface area (TPSA) is 54.7 Å². The third kappa shape index (κ3) is 1.83. The Morgan fingerprint density at radius 2 is 2.36 bits per heavy atom. The Bertz CT molecular complexity index is 442. The summed E-state index contributed by atoms with van der Waals surface area (Å²) in [6, 6.07) is 6.21. The van der Waals surface area contributed by atoms with E-state index < -0.39 is 0 Å². The van der Waals surface area contributed by atoms with Gasteiger partial charge in [0.05, 0.1) is 11.7 Å². The van der Waals surface area contributed by atoms with E-state index in [4.69, 9.17) is 5.73 Å². The minimum atomic E-state index is 0.697. The molecule has 0 aliphatic heterocycles. The van der Waals surface area contributed by atoms with Gasteiger partial charge in [0.25, 0.3) is 0 Å². The van der Waals surface area contributed by atoms with Crippen molar-refractivity contribution in [2.24, 2.45) is 5.73 Å². The molecule has 1 aromatic heterocycles. The van der Waals surface area contributed by atoms with Gasteiger partial charge in [-0.05, 0) is 24.6 Å². The third-order valence-corrected chi connectivity index (χ3v) is 2.11. The highest BCUT2D eigenvalue weighted by molar-refractivity contribution is 5.80. The zero-order chi connectivity index (χ0) is 9.80. The second-order valence-corrected chi connectivity index (χ2v) is 3.20. The molecule has 2 rings (SSSR count). The van der Waals surface area contributed by atoms with E-state index in [1.807, 2.05) is 6.20 Å². The maximum Gasteiger partial charge on any atom is 0.0656 e. The van der Waals surface area contributed by atoms with E-state index in [0.717, 1.165) is 17.3 Å². The van der Waals surface area contributed by atoms with Gasteiger partial charge < -0.3 is 5.73 Å². The smallest absolute Gasteiger partial charge is 0.0656 e. The minimum absolute atomic E-state index is 0.697. The number of nitrogens with zero attached hydrogens (tertiary/aromatic N) is 1. The van der Waals surface area contributed by atoms with Gasteiger partial charge in [-0.2, -0.15) is 5.10 Å². The van der Waals surface area contributed by atoms with Crippen LogP contribution in [0, 0.1) is 0 Å². The van der Waals surface area contributed by atoms with Gasteiger partial charge in [-0.3, -0.25) is 5.10 Å². The number of nitrogens with one attached hydrogen (secondary N) is 1. The zero-order valence-corrected chi connectivity index (χ0v) is 7.90. The molecule has 0 radical (unpaired) electrons. The van der Waals surface area contributed by atoms with Gasteiger partial charge in [0.15, 0.2) is 0 Å².